The molecule has 0 unspecified atom stereocenters. The fourth-order valence-corrected chi connectivity index (χ4v) is 6.84. The number of aromatic nitrogens is 2. The van der Waals surface area contributed by atoms with E-state index in [4.69, 9.17) is 20.9 Å². The number of halogens is 1. The lowest BCUT2D eigenvalue weighted by atomic mass is 9.49. The van der Waals surface area contributed by atoms with Crippen molar-refractivity contribution in [1.29, 1.82) is 0 Å². The van der Waals surface area contributed by atoms with Crippen molar-refractivity contribution >= 4 is 28.8 Å². The summed E-state index contributed by atoms with van der Waals surface area (Å²) < 4.78 is 12.5. The van der Waals surface area contributed by atoms with E-state index < -0.39 is 0 Å². The fourth-order valence-electron chi connectivity index (χ4n) is 6.67. The van der Waals surface area contributed by atoms with Crippen LogP contribution in [0.15, 0.2) is 39.6 Å². The van der Waals surface area contributed by atoms with Crippen LogP contribution < -0.4 is 15.6 Å². The number of carbonyl (C=O) groups excluding carboxylic acids is 1. The summed E-state index contributed by atoms with van der Waals surface area (Å²) in [4.78, 5) is 30.2. The van der Waals surface area contributed by atoms with E-state index in [9.17, 15) is 9.59 Å². The molecule has 8 heteroatoms. The Morgan fingerprint density at radius 3 is 2.58 bits per heavy atom. The molecular weight excluding hydrogens is 442 g/mol. The first-order valence-electron chi connectivity index (χ1n) is 11.6. The monoisotopic (exact) mass is 467 g/mol. The van der Waals surface area contributed by atoms with Crippen LogP contribution in [0.3, 0.4) is 0 Å². The third-order valence-corrected chi connectivity index (χ3v) is 7.84. The molecule has 1 amide bonds. The molecule has 4 saturated carbocycles. The highest BCUT2D eigenvalue weighted by Gasteiger charge is 2.54. The molecule has 4 bridgehead atoms. The number of benzene rings is 1. The summed E-state index contributed by atoms with van der Waals surface area (Å²) in [5.41, 5.74) is 0.895. The Bertz CT molecular complexity index is 1280. The van der Waals surface area contributed by atoms with Gasteiger partial charge in [0.05, 0.1) is 16.8 Å². The highest BCUT2D eigenvalue weighted by atomic mass is 35.5. The van der Waals surface area contributed by atoms with Crippen molar-refractivity contribution in [2.75, 3.05) is 5.32 Å². The van der Waals surface area contributed by atoms with Gasteiger partial charge in [0.1, 0.15) is 18.1 Å². The van der Waals surface area contributed by atoms with E-state index >= 15 is 0 Å². The van der Waals surface area contributed by atoms with Crippen LogP contribution in [0.4, 0.5) is 5.69 Å². The van der Waals surface area contributed by atoms with Crippen molar-refractivity contribution in [3.05, 3.63) is 57.2 Å². The predicted molar refractivity (Wildman–Crippen MR) is 123 cm³/mol. The average Bonchev–Trinajstić information content (AvgIpc) is 3.13. The molecule has 0 spiro atoms. The van der Waals surface area contributed by atoms with Gasteiger partial charge < -0.3 is 14.6 Å². The number of nitrogens with one attached hydrogen (secondary N) is 1. The van der Waals surface area contributed by atoms with Gasteiger partial charge in [-0.05, 0) is 81.4 Å². The van der Waals surface area contributed by atoms with E-state index in [0.29, 0.717) is 51.3 Å². The van der Waals surface area contributed by atoms with Crippen molar-refractivity contribution in [3.63, 3.8) is 0 Å². The van der Waals surface area contributed by atoms with Gasteiger partial charge in [-0.25, -0.2) is 4.98 Å². The smallest absolute Gasteiger partial charge is 0.287 e. The summed E-state index contributed by atoms with van der Waals surface area (Å²) in [5.74, 6) is 3.24. The summed E-state index contributed by atoms with van der Waals surface area (Å²) in [6, 6.07) is 8.28. The third-order valence-electron chi connectivity index (χ3n) is 7.61. The molecule has 1 aromatic carbocycles. The fraction of sp³-hybridized carbons (Fsp3) is 0.480. The highest BCUT2D eigenvalue weighted by molar-refractivity contribution is 6.31. The molecule has 0 saturated heterocycles. The SMILES string of the molecule is Cc1cc2nc(COc3ccc(Cl)cc3NC(=O)C34CC5CC(CC(C5)C3)C4)cc(=O)n2o1. The van der Waals surface area contributed by atoms with Gasteiger partial charge in [0.15, 0.2) is 5.65 Å². The first-order valence-corrected chi connectivity index (χ1v) is 12.0. The number of amides is 1. The van der Waals surface area contributed by atoms with Crippen molar-refractivity contribution in [1.82, 2.24) is 9.56 Å². The van der Waals surface area contributed by atoms with Crippen LogP contribution in [-0.2, 0) is 11.4 Å². The average molecular weight is 468 g/mol. The Balaban J connectivity index is 1.23. The maximum Gasteiger partial charge on any atom is 0.287 e. The number of nitrogens with zero attached hydrogens (tertiary/aromatic N) is 2. The molecule has 0 radical (unpaired) electrons. The number of anilines is 1. The highest BCUT2D eigenvalue weighted by Crippen LogP contribution is 2.60. The Hall–Kier alpha value is -2.80. The van der Waals surface area contributed by atoms with Gasteiger partial charge in [-0.2, -0.15) is 0 Å². The molecule has 2 heterocycles. The number of hydrogen-bond acceptors (Lipinski definition) is 5. The van der Waals surface area contributed by atoms with Gasteiger partial charge >= 0.3 is 0 Å². The topological polar surface area (TPSA) is 85.8 Å². The van der Waals surface area contributed by atoms with E-state index in [1.165, 1.54) is 25.3 Å². The molecule has 4 aliphatic rings. The van der Waals surface area contributed by atoms with Crippen LogP contribution in [0.25, 0.3) is 5.65 Å². The van der Waals surface area contributed by atoms with Crippen LogP contribution >= 0.6 is 11.6 Å². The van der Waals surface area contributed by atoms with E-state index in [2.05, 4.69) is 10.3 Å². The lowest BCUT2D eigenvalue weighted by Crippen LogP contribution is -2.51. The summed E-state index contributed by atoms with van der Waals surface area (Å²) in [6.45, 7) is 1.84. The molecule has 0 atom stereocenters. The zero-order valence-electron chi connectivity index (χ0n) is 18.5. The third kappa shape index (κ3) is 3.72. The molecule has 3 aromatic rings. The standard InChI is InChI=1S/C25H26ClN3O4/c1-14-4-22-27-19(9-23(30)29(22)33-14)13-32-21-3-2-18(26)8-20(21)28-24(31)25-10-15-5-16(11-25)7-17(6-15)12-25/h2-4,8-9,15-17H,5-7,10-13H2,1H3,(H,28,31). The Morgan fingerprint density at radius 1 is 1.18 bits per heavy atom. The van der Waals surface area contributed by atoms with E-state index in [1.807, 2.05) is 0 Å². The zero-order chi connectivity index (χ0) is 22.7. The summed E-state index contributed by atoms with van der Waals surface area (Å²) in [6.07, 6.45) is 6.81. The second-order valence-electron chi connectivity index (χ2n) is 10.2. The van der Waals surface area contributed by atoms with Crippen molar-refractivity contribution in [2.45, 2.75) is 52.1 Å². The number of rotatable bonds is 5. The minimum Gasteiger partial charge on any atom is -0.485 e. The largest absolute Gasteiger partial charge is 0.485 e. The van der Waals surface area contributed by atoms with Crippen molar-refractivity contribution in [2.24, 2.45) is 23.2 Å². The molecule has 7 rings (SSSR count). The first-order chi connectivity index (χ1) is 15.9. The molecule has 4 fully saturated rings. The Kier molecular flexibility index (Phi) is 4.80. The van der Waals surface area contributed by atoms with Gasteiger partial charge in [-0.3, -0.25) is 9.59 Å². The van der Waals surface area contributed by atoms with Crippen LogP contribution in [0, 0.1) is 30.1 Å². The molecular formula is C25H26ClN3O4. The first kappa shape index (κ1) is 20.8. The Morgan fingerprint density at radius 2 is 1.88 bits per heavy atom. The van der Waals surface area contributed by atoms with Crippen LogP contribution in [0.2, 0.25) is 5.02 Å². The lowest BCUT2D eigenvalue weighted by molar-refractivity contribution is -0.140. The van der Waals surface area contributed by atoms with Gasteiger partial charge in [0, 0.05) is 17.2 Å². The number of fused-ring (bicyclic) bond motifs is 1. The van der Waals surface area contributed by atoms with E-state index in [-0.39, 0.29) is 23.5 Å². The van der Waals surface area contributed by atoms with Crippen LogP contribution in [-0.4, -0.2) is 15.5 Å². The number of ether oxygens (including phenoxy) is 1. The summed E-state index contributed by atoms with van der Waals surface area (Å²) in [5, 5.41) is 3.66. The molecule has 2 aromatic heterocycles. The van der Waals surface area contributed by atoms with Crippen LogP contribution in [0.5, 0.6) is 5.75 Å². The molecule has 4 aliphatic carbocycles. The summed E-state index contributed by atoms with van der Waals surface area (Å²) >= 11 is 6.25. The second-order valence-corrected chi connectivity index (χ2v) is 10.6. The van der Waals surface area contributed by atoms with Crippen molar-refractivity contribution < 1.29 is 14.1 Å². The van der Waals surface area contributed by atoms with Gasteiger partial charge in [-0.1, -0.05) is 11.6 Å². The number of carbonyl (C=O) groups is 1. The minimum atomic E-state index is -0.307. The maximum absolute atomic E-state index is 13.5. The maximum atomic E-state index is 13.5. The minimum absolute atomic E-state index is 0.0812. The van der Waals surface area contributed by atoms with Gasteiger partial charge in [-0.15, -0.1) is 4.57 Å². The molecule has 33 heavy (non-hydrogen) atoms. The van der Waals surface area contributed by atoms with Gasteiger partial charge in [0.2, 0.25) is 5.91 Å². The normalized spacial score (nSPS) is 27.8. The zero-order valence-corrected chi connectivity index (χ0v) is 19.2. The molecule has 172 valence electrons. The quantitative estimate of drug-likeness (QED) is 0.571. The van der Waals surface area contributed by atoms with Gasteiger partial charge in [0.25, 0.3) is 5.56 Å². The molecule has 7 nitrogen and oxygen atoms in total. The molecule has 0 aliphatic heterocycles. The molecule has 1 N–H and O–H groups in total. The summed E-state index contributed by atoms with van der Waals surface area (Å²) in [7, 11) is 0. The van der Waals surface area contributed by atoms with Crippen molar-refractivity contribution in [3.8, 4) is 5.75 Å². The number of hydrogen-bond donors (Lipinski definition) is 1. The van der Waals surface area contributed by atoms with Crippen LogP contribution in [0.1, 0.15) is 50.0 Å². The second kappa shape index (κ2) is 7.62. The lowest BCUT2D eigenvalue weighted by Gasteiger charge is -2.55. The predicted octanol–water partition coefficient (Wildman–Crippen LogP) is 4.98. The Labute approximate surface area is 196 Å². The number of aryl methyl sites for hydroxylation is 1. The van der Waals surface area contributed by atoms with E-state index in [1.54, 1.807) is 31.2 Å². The van der Waals surface area contributed by atoms with E-state index in [0.717, 1.165) is 23.8 Å².